The molecule has 0 aliphatic heterocycles. The molecule has 0 unspecified atom stereocenters. The number of ether oxygens (including phenoxy) is 1. The largest absolute Gasteiger partial charge is 0.461 e. The van der Waals surface area contributed by atoms with Crippen LogP contribution in [0.5, 0.6) is 0 Å². The average molecular weight is 205 g/mol. The van der Waals surface area contributed by atoms with Gasteiger partial charge in [0.15, 0.2) is 0 Å². The summed E-state index contributed by atoms with van der Waals surface area (Å²) in [5.41, 5.74) is 3.17. The predicted molar refractivity (Wildman–Crippen MR) is 53.6 cm³/mol. The average Bonchev–Trinajstić information content (AvgIpc) is 2.29. The molecule has 1 aromatic carbocycles. The van der Waals surface area contributed by atoms with Crippen molar-refractivity contribution < 1.29 is 9.53 Å². The Labute approximate surface area is 87.4 Å². The second-order valence-electron chi connectivity index (χ2n) is 2.78. The van der Waals surface area contributed by atoms with Gasteiger partial charge in [0.25, 0.3) is 0 Å². The summed E-state index contributed by atoms with van der Waals surface area (Å²) >= 11 is 0. The molecule has 0 saturated carbocycles. The third-order valence-electron chi connectivity index (χ3n) is 1.71. The molecule has 1 aromatic rings. The minimum atomic E-state index is -0.456. The van der Waals surface area contributed by atoms with Crippen LogP contribution >= 0.6 is 0 Å². The number of nitrogens with zero attached hydrogens (tertiary/aromatic N) is 1. The van der Waals surface area contributed by atoms with Gasteiger partial charge >= 0.3 is 5.97 Å². The van der Waals surface area contributed by atoms with Crippen molar-refractivity contribution in [2.45, 2.75) is 0 Å². The van der Waals surface area contributed by atoms with Gasteiger partial charge in [0.1, 0.15) is 6.61 Å². The van der Waals surface area contributed by atoms with E-state index in [1.807, 2.05) is 6.07 Å². The van der Waals surface area contributed by atoms with Crippen LogP contribution in [0, 0.1) is 11.3 Å². The second kappa shape index (κ2) is 5.75. The van der Waals surface area contributed by atoms with Crippen LogP contribution in [-0.4, -0.2) is 19.1 Å². The highest BCUT2D eigenvalue weighted by Crippen LogP contribution is 2.05. The van der Waals surface area contributed by atoms with Gasteiger partial charge in [-0.25, -0.2) is 4.79 Å². The number of nitrogens with one attached hydrogen (secondary N) is 1. The number of carbonyl (C=O) groups is 1. The molecular weight excluding hydrogens is 194 g/mol. The van der Waals surface area contributed by atoms with E-state index in [0.29, 0.717) is 17.7 Å². The number of benzene rings is 1. The highest BCUT2D eigenvalue weighted by molar-refractivity contribution is 5.89. The van der Waals surface area contributed by atoms with Gasteiger partial charge in [-0.15, -0.1) is 0 Å². The Balaban J connectivity index is 2.62. The smallest absolute Gasteiger partial charge is 0.338 e. The van der Waals surface area contributed by atoms with Gasteiger partial charge in [0.2, 0.25) is 0 Å². The normalized spacial score (nSPS) is 9.33. The molecule has 0 saturated heterocycles. The van der Waals surface area contributed by atoms with E-state index in [2.05, 4.69) is 5.43 Å². The monoisotopic (exact) mass is 205 g/mol. The number of nitriles is 1. The molecule has 1 rings (SSSR count). The van der Waals surface area contributed by atoms with Gasteiger partial charge in [0, 0.05) is 6.54 Å². The minimum absolute atomic E-state index is 0.201. The lowest BCUT2D eigenvalue weighted by Crippen LogP contribution is -2.27. The predicted octanol–water partition coefficient (Wildman–Crippen LogP) is 0.178. The topological polar surface area (TPSA) is 88.1 Å². The number of esters is 1. The van der Waals surface area contributed by atoms with Crippen LogP contribution in [0.3, 0.4) is 0 Å². The van der Waals surface area contributed by atoms with Crippen molar-refractivity contribution in [3.05, 3.63) is 35.4 Å². The van der Waals surface area contributed by atoms with E-state index in [0.717, 1.165) is 0 Å². The molecule has 0 radical (unpaired) electrons. The summed E-state index contributed by atoms with van der Waals surface area (Å²) in [6, 6.07) is 8.29. The van der Waals surface area contributed by atoms with Gasteiger partial charge in [-0.05, 0) is 18.2 Å². The first-order chi connectivity index (χ1) is 7.27. The maximum Gasteiger partial charge on any atom is 0.338 e. The third-order valence-corrected chi connectivity index (χ3v) is 1.71. The number of nitrogens with two attached hydrogens (primary N) is 1. The fourth-order valence-electron chi connectivity index (χ4n) is 1.00. The minimum Gasteiger partial charge on any atom is -0.461 e. The van der Waals surface area contributed by atoms with E-state index in [9.17, 15) is 4.79 Å². The van der Waals surface area contributed by atoms with Crippen LogP contribution in [0.1, 0.15) is 15.9 Å². The van der Waals surface area contributed by atoms with Crippen LogP contribution in [-0.2, 0) is 4.74 Å². The Bertz CT molecular complexity index is 384. The summed E-state index contributed by atoms with van der Waals surface area (Å²) in [5, 5.41) is 8.63. The summed E-state index contributed by atoms with van der Waals surface area (Å²) in [5.74, 6) is 4.56. The van der Waals surface area contributed by atoms with Gasteiger partial charge in [0.05, 0.1) is 17.2 Å². The van der Waals surface area contributed by atoms with Crippen LogP contribution in [0.4, 0.5) is 0 Å². The summed E-state index contributed by atoms with van der Waals surface area (Å²) in [6.07, 6.45) is 0. The number of hydrogen-bond donors (Lipinski definition) is 2. The summed E-state index contributed by atoms with van der Waals surface area (Å²) in [7, 11) is 0. The van der Waals surface area contributed by atoms with Crippen LogP contribution in [0.2, 0.25) is 0 Å². The highest BCUT2D eigenvalue weighted by atomic mass is 16.5. The van der Waals surface area contributed by atoms with Crippen molar-refractivity contribution in [1.29, 1.82) is 5.26 Å². The van der Waals surface area contributed by atoms with E-state index in [4.69, 9.17) is 15.8 Å². The van der Waals surface area contributed by atoms with E-state index >= 15 is 0 Å². The molecule has 0 heterocycles. The van der Waals surface area contributed by atoms with Crippen molar-refractivity contribution in [3.8, 4) is 6.07 Å². The Morgan fingerprint density at radius 1 is 1.60 bits per heavy atom. The molecule has 15 heavy (non-hydrogen) atoms. The Kier molecular flexibility index (Phi) is 4.29. The first kappa shape index (κ1) is 11.2. The van der Waals surface area contributed by atoms with E-state index in [-0.39, 0.29) is 6.61 Å². The summed E-state index contributed by atoms with van der Waals surface area (Å²) in [6.45, 7) is 0.593. The Morgan fingerprint density at radius 2 is 2.40 bits per heavy atom. The lowest BCUT2D eigenvalue weighted by atomic mass is 10.1. The van der Waals surface area contributed by atoms with Crippen LogP contribution in [0.25, 0.3) is 0 Å². The fraction of sp³-hybridized carbons (Fsp3) is 0.200. The van der Waals surface area contributed by atoms with E-state index < -0.39 is 5.97 Å². The zero-order valence-corrected chi connectivity index (χ0v) is 8.06. The van der Waals surface area contributed by atoms with Crippen LogP contribution < -0.4 is 11.3 Å². The molecule has 0 spiro atoms. The summed E-state index contributed by atoms with van der Waals surface area (Å²) < 4.78 is 4.88. The molecule has 0 aliphatic carbocycles. The number of hydrazine groups is 1. The first-order valence-corrected chi connectivity index (χ1v) is 4.38. The number of rotatable bonds is 4. The van der Waals surface area contributed by atoms with Gasteiger partial charge < -0.3 is 4.74 Å². The standard InChI is InChI=1S/C10H11N3O2/c11-7-8-2-1-3-9(6-8)10(14)15-5-4-13-12/h1-3,6,13H,4-5,12H2. The van der Waals surface area contributed by atoms with E-state index in [1.165, 1.54) is 6.07 Å². The maximum atomic E-state index is 11.4. The molecule has 3 N–H and O–H groups in total. The fourth-order valence-corrected chi connectivity index (χ4v) is 1.00. The quantitative estimate of drug-likeness (QED) is 0.317. The van der Waals surface area contributed by atoms with Crippen molar-refractivity contribution >= 4 is 5.97 Å². The third kappa shape index (κ3) is 3.38. The first-order valence-electron chi connectivity index (χ1n) is 4.38. The Morgan fingerprint density at radius 3 is 3.07 bits per heavy atom. The molecule has 0 amide bonds. The van der Waals surface area contributed by atoms with Crippen molar-refractivity contribution in [1.82, 2.24) is 5.43 Å². The molecule has 0 aromatic heterocycles. The van der Waals surface area contributed by atoms with Crippen molar-refractivity contribution in [3.63, 3.8) is 0 Å². The lowest BCUT2D eigenvalue weighted by Gasteiger charge is -2.03. The van der Waals surface area contributed by atoms with Gasteiger partial charge in [-0.3, -0.25) is 11.3 Å². The molecule has 0 bridgehead atoms. The lowest BCUT2D eigenvalue weighted by molar-refractivity contribution is 0.0509. The molecule has 0 fully saturated rings. The molecule has 0 aliphatic rings. The van der Waals surface area contributed by atoms with Crippen molar-refractivity contribution in [2.75, 3.05) is 13.2 Å². The van der Waals surface area contributed by atoms with Gasteiger partial charge in [-0.1, -0.05) is 6.07 Å². The molecule has 78 valence electrons. The van der Waals surface area contributed by atoms with Crippen molar-refractivity contribution in [2.24, 2.45) is 5.84 Å². The molecule has 0 atom stereocenters. The molecule has 5 heteroatoms. The van der Waals surface area contributed by atoms with E-state index in [1.54, 1.807) is 18.2 Å². The zero-order chi connectivity index (χ0) is 11.1. The zero-order valence-electron chi connectivity index (χ0n) is 8.06. The Hall–Kier alpha value is -1.90. The number of hydrogen-bond acceptors (Lipinski definition) is 5. The molecule has 5 nitrogen and oxygen atoms in total. The number of carbonyl (C=O) groups excluding carboxylic acids is 1. The van der Waals surface area contributed by atoms with Gasteiger partial charge in [-0.2, -0.15) is 5.26 Å². The maximum absolute atomic E-state index is 11.4. The van der Waals surface area contributed by atoms with Crippen LogP contribution in [0.15, 0.2) is 24.3 Å². The highest BCUT2D eigenvalue weighted by Gasteiger charge is 2.06. The SMILES string of the molecule is N#Cc1cccc(C(=O)OCCNN)c1. The second-order valence-corrected chi connectivity index (χ2v) is 2.78. The molecular formula is C10H11N3O2. The summed E-state index contributed by atoms with van der Waals surface area (Å²) in [4.78, 5) is 11.4.